The van der Waals surface area contributed by atoms with Gasteiger partial charge in [-0.1, -0.05) is 13.8 Å². The first-order chi connectivity index (χ1) is 6.30. The zero-order chi connectivity index (χ0) is 9.68. The monoisotopic (exact) mass is 200 g/mol. The third-order valence-corrected chi connectivity index (χ3v) is 2.78. The van der Waals surface area contributed by atoms with Gasteiger partial charge in [0.15, 0.2) is 5.13 Å². The molecule has 0 aliphatic carbocycles. The first-order valence-corrected chi connectivity index (χ1v) is 5.49. The maximum atomic E-state index is 8.97. The van der Waals surface area contributed by atoms with Crippen molar-refractivity contribution in [2.24, 2.45) is 0 Å². The molecule has 0 aliphatic heterocycles. The van der Waals surface area contributed by atoms with Gasteiger partial charge in [-0.25, -0.2) is 4.98 Å². The molecule has 0 spiro atoms. The van der Waals surface area contributed by atoms with Crippen molar-refractivity contribution >= 4 is 16.5 Å². The van der Waals surface area contributed by atoms with Crippen molar-refractivity contribution in [3.63, 3.8) is 0 Å². The van der Waals surface area contributed by atoms with Crippen LogP contribution in [-0.4, -0.2) is 22.7 Å². The van der Waals surface area contributed by atoms with Gasteiger partial charge in [0.2, 0.25) is 0 Å². The van der Waals surface area contributed by atoms with E-state index >= 15 is 0 Å². The quantitative estimate of drug-likeness (QED) is 0.763. The molecular weight excluding hydrogens is 184 g/mol. The molecule has 1 heterocycles. The molecule has 0 saturated carbocycles. The molecule has 74 valence electrons. The summed E-state index contributed by atoms with van der Waals surface area (Å²) in [6, 6.07) is 0.135. The number of hydrogen-bond donors (Lipinski definition) is 2. The van der Waals surface area contributed by atoms with Gasteiger partial charge in [0, 0.05) is 5.38 Å². The molecule has 13 heavy (non-hydrogen) atoms. The van der Waals surface area contributed by atoms with Gasteiger partial charge in [-0.2, -0.15) is 0 Å². The minimum atomic E-state index is 0.135. The Kier molecular flexibility index (Phi) is 4.18. The molecule has 3 nitrogen and oxygen atoms in total. The van der Waals surface area contributed by atoms with Crippen molar-refractivity contribution in [1.29, 1.82) is 0 Å². The highest BCUT2D eigenvalue weighted by Gasteiger charge is 2.06. The molecule has 0 aliphatic rings. The number of rotatable bonds is 5. The fraction of sp³-hybridized carbons (Fsp3) is 0.667. The van der Waals surface area contributed by atoms with Crippen LogP contribution in [0.15, 0.2) is 5.38 Å². The van der Waals surface area contributed by atoms with Crippen molar-refractivity contribution < 1.29 is 5.11 Å². The van der Waals surface area contributed by atoms with E-state index < -0.39 is 0 Å². The number of aromatic nitrogens is 1. The van der Waals surface area contributed by atoms with Crippen LogP contribution in [0.2, 0.25) is 0 Å². The van der Waals surface area contributed by atoms with Crippen LogP contribution in [-0.2, 0) is 6.42 Å². The Morgan fingerprint density at radius 2 is 2.38 bits per heavy atom. The Hall–Kier alpha value is -0.610. The van der Waals surface area contributed by atoms with Crippen LogP contribution in [0.5, 0.6) is 0 Å². The summed E-state index contributed by atoms with van der Waals surface area (Å²) in [4.78, 5) is 4.36. The molecule has 1 aromatic heterocycles. The number of thiazole rings is 1. The lowest BCUT2D eigenvalue weighted by Crippen LogP contribution is -2.22. The predicted octanol–water partition coefficient (Wildman–Crippen LogP) is 1.89. The number of aliphatic hydroxyl groups is 1. The van der Waals surface area contributed by atoms with Crippen LogP contribution in [0.4, 0.5) is 5.13 Å². The van der Waals surface area contributed by atoms with Crippen molar-refractivity contribution in [3.8, 4) is 0 Å². The molecule has 1 atom stereocenters. The standard InChI is InChI=1S/C9H16N2OS/c1-3-7(5-12)10-9-11-8(4-2)6-13-9/h6-7,12H,3-5H2,1-2H3,(H,10,11). The molecule has 1 aromatic rings. The van der Waals surface area contributed by atoms with Crippen LogP contribution in [0.1, 0.15) is 26.0 Å². The lowest BCUT2D eigenvalue weighted by Gasteiger charge is -2.11. The number of aryl methyl sites for hydroxylation is 1. The van der Waals surface area contributed by atoms with E-state index in [1.807, 2.05) is 12.3 Å². The summed E-state index contributed by atoms with van der Waals surface area (Å²) in [6.07, 6.45) is 1.88. The molecular formula is C9H16N2OS. The summed E-state index contributed by atoms with van der Waals surface area (Å²) in [5.41, 5.74) is 1.11. The second-order valence-corrected chi connectivity index (χ2v) is 3.79. The van der Waals surface area contributed by atoms with E-state index in [1.54, 1.807) is 11.3 Å². The van der Waals surface area contributed by atoms with Crippen LogP contribution in [0, 0.1) is 0 Å². The molecule has 0 amide bonds. The molecule has 0 radical (unpaired) electrons. The number of aliphatic hydroxyl groups excluding tert-OH is 1. The van der Waals surface area contributed by atoms with Crippen molar-refractivity contribution in [2.45, 2.75) is 32.7 Å². The normalized spacial score (nSPS) is 12.8. The highest BCUT2D eigenvalue weighted by Crippen LogP contribution is 2.17. The Bertz CT molecular complexity index is 246. The second-order valence-electron chi connectivity index (χ2n) is 2.93. The van der Waals surface area contributed by atoms with Crippen LogP contribution in [0.25, 0.3) is 0 Å². The molecule has 2 N–H and O–H groups in total. The van der Waals surface area contributed by atoms with E-state index in [0.717, 1.165) is 23.7 Å². The molecule has 4 heteroatoms. The van der Waals surface area contributed by atoms with E-state index in [0.29, 0.717) is 0 Å². The SMILES string of the molecule is CCc1csc(NC(CC)CO)n1. The van der Waals surface area contributed by atoms with E-state index in [9.17, 15) is 0 Å². The van der Waals surface area contributed by atoms with Crippen LogP contribution in [0.3, 0.4) is 0 Å². The third-order valence-electron chi connectivity index (χ3n) is 1.95. The number of hydrogen-bond acceptors (Lipinski definition) is 4. The Morgan fingerprint density at radius 3 is 2.85 bits per heavy atom. The number of nitrogens with zero attached hydrogens (tertiary/aromatic N) is 1. The van der Waals surface area contributed by atoms with Crippen LogP contribution >= 0.6 is 11.3 Å². The fourth-order valence-electron chi connectivity index (χ4n) is 0.987. The lowest BCUT2D eigenvalue weighted by atomic mass is 10.2. The molecule has 1 rings (SSSR count). The molecule has 0 saturated heterocycles. The van der Waals surface area contributed by atoms with Crippen molar-refractivity contribution in [3.05, 3.63) is 11.1 Å². The Balaban J connectivity index is 2.52. The second kappa shape index (κ2) is 5.19. The summed E-state index contributed by atoms with van der Waals surface area (Å²) < 4.78 is 0. The lowest BCUT2D eigenvalue weighted by molar-refractivity contribution is 0.272. The predicted molar refractivity (Wildman–Crippen MR) is 56.3 cm³/mol. The zero-order valence-corrected chi connectivity index (χ0v) is 8.90. The van der Waals surface area contributed by atoms with Gasteiger partial charge in [-0.3, -0.25) is 0 Å². The average Bonchev–Trinajstić information content (AvgIpc) is 2.61. The summed E-state index contributed by atoms with van der Waals surface area (Å²) >= 11 is 1.60. The first-order valence-electron chi connectivity index (χ1n) is 4.61. The minimum absolute atomic E-state index is 0.135. The number of nitrogens with one attached hydrogen (secondary N) is 1. The maximum Gasteiger partial charge on any atom is 0.183 e. The fourth-order valence-corrected chi connectivity index (χ4v) is 1.86. The zero-order valence-electron chi connectivity index (χ0n) is 8.08. The van der Waals surface area contributed by atoms with E-state index in [4.69, 9.17) is 5.11 Å². The smallest absolute Gasteiger partial charge is 0.183 e. The third kappa shape index (κ3) is 2.97. The molecule has 1 unspecified atom stereocenters. The van der Waals surface area contributed by atoms with Gasteiger partial charge in [0.05, 0.1) is 18.3 Å². The van der Waals surface area contributed by atoms with Gasteiger partial charge in [-0.15, -0.1) is 11.3 Å². The van der Waals surface area contributed by atoms with Gasteiger partial charge < -0.3 is 10.4 Å². The summed E-state index contributed by atoms with van der Waals surface area (Å²) in [5.74, 6) is 0. The molecule has 0 aromatic carbocycles. The summed E-state index contributed by atoms with van der Waals surface area (Å²) in [7, 11) is 0. The largest absolute Gasteiger partial charge is 0.394 e. The van der Waals surface area contributed by atoms with Crippen LogP contribution < -0.4 is 5.32 Å². The highest BCUT2D eigenvalue weighted by atomic mass is 32.1. The number of anilines is 1. The van der Waals surface area contributed by atoms with E-state index in [2.05, 4.69) is 17.2 Å². The van der Waals surface area contributed by atoms with Crippen molar-refractivity contribution in [1.82, 2.24) is 4.98 Å². The Morgan fingerprint density at radius 1 is 1.62 bits per heavy atom. The van der Waals surface area contributed by atoms with Gasteiger partial charge in [0.1, 0.15) is 0 Å². The topological polar surface area (TPSA) is 45.1 Å². The van der Waals surface area contributed by atoms with E-state index in [1.165, 1.54) is 0 Å². The molecule has 0 bridgehead atoms. The summed E-state index contributed by atoms with van der Waals surface area (Å²) in [5, 5.41) is 15.1. The van der Waals surface area contributed by atoms with Gasteiger partial charge >= 0.3 is 0 Å². The summed E-state index contributed by atoms with van der Waals surface area (Å²) in [6.45, 7) is 4.29. The average molecular weight is 200 g/mol. The minimum Gasteiger partial charge on any atom is -0.394 e. The molecule has 0 fully saturated rings. The van der Waals surface area contributed by atoms with Crippen molar-refractivity contribution in [2.75, 3.05) is 11.9 Å². The first kappa shape index (κ1) is 10.5. The highest BCUT2D eigenvalue weighted by molar-refractivity contribution is 7.13. The van der Waals surface area contributed by atoms with Gasteiger partial charge in [0.25, 0.3) is 0 Å². The van der Waals surface area contributed by atoms with E-state index in [-0.39, 0.29) is 12.6 Å². The maximum absolute atomic E-state index is 8.97. The van der Waals surface area contributed by atoms with Gasteiger partial charge in [-0.05, 0) is 12.8 Å². The Labute approximate surface area is 82.8 Å².